The van der Waals surface area contributed by atoms with Gasteiger partial charge in [0.1, 0.15) is 16.7 Å². The first-order chi connectivity index (χ1) is 15.6. The van der Waals surface area contributed by atoms with E-state index in [0.717, 1.165) is 52.9 Å². The summed E-state index contributed by atoms with van der Waals surface area (Å²) >= 11 is 1.54. The quantitative estimate of drug-likeness (QED) is 0.443. The van der Waals surface area contributed by atoms with E-state index in [-0.39, 0.29) is 5.41 Å². The summed E-state index contributed by atoms with van der Waals surface area (Å²) in [4.78, 5) is 7.05. The Labute approximate surface area is 195 Å². The van der Waals surface area contributed by atoms with Crippen LogP contribution in [0.15, 0.2) is 54.4 Å². The Bertz CT molecular complexity index is 1310. The standard InChI is InChI=1S/C24H26F2N6S/c1-14(25)6-7-18(26)15(2)24-12-16(24)8-10-31(24)19-9-11-32-20(28-19)17(13-27-32)21-29-30-22(33-21)23(3,4)5/h6-7,9,11,13,16H,2,8,10,12H2,1,3-5H3/b14-6+,18-7+/t16-,24-/m0/s1. The van der Waals surface area contributed by atoms with E-state index in [2.05, 4.69) is 47.5 Å². The first-order valence-corrected chi connectivity index (χ1v) is 11.8. The molecule has 0 spiro atoms. The number of hydrogen-bond donors (Lipinski definition) is 0. The lowest BCUT2D eigenvalue weighted by atomic mass is 9.98. The highest BCUT2D eigenvalue weighted by atomic mass is 32.1. The zero-order chi connectivity index (χ0) is 23.5. The molecule has 4 heterocycles. The van der Waals surface area contributed by atoms with Crippen LogP contribution < -0.4 is 4.90 Å². The third-order valence-electron chi connectivity index (χ3n) is 6.45. The Kier molecular flexibility index (Phi) is 5.00. The number of aromatic nitrogens is 5. The molecule has 0 bridgehead atoms. The van der Waals surface area contributed by atoms with Crippen molar-refractivity contribution in [3.63, 3.8) is 0 Å². The van der Waals surface area contributed by atoms with E-state index in [0.29, 0.717) is 17.1 Å². The van der Waals surface area contributed by atoms with Crippen molar-refractivity contribution in [2.24, 2.45) is 5.92 Å². The summed E-state index contributed by atoms with van der Waals surface area (Å²) in [5.41, 5.74) is 1.29. The number of piperidine rings is 1. The molecule has 33 heavy (non-hydrogen) atoms. The fourth-order valence-corrected chi connectivity index (χ4v) is 5.52. The summed E-state index contributed by atoms with van der Waals surface area (Å²) in [5.74, 6) is 0.129. The summed E-state index contributed by atoms with van der Waals surface area (Å²) in [6.07, 6.45) is 7.66. The molecule has 2 atom stereocenters. The second-order valence-corrected chi connectivity index (χ2v) is 10.8. The lowest BCUT2D eigenvalue weighted by Crippen LogP contribution is -2.37. The van der Waals surface area contributed by atoms with Gasteiger partial charge in [0.15, 0.2) is 10.7 Å². The van der Waals surface area contributed by atoms with E-state index < -0.39 is 17.2 Å². The summed E-state index contributed by atoms with van der Waals surface area (Å²) < 4.78 is 29.6. The Balaban J connectivity index is 1.51. The second-order valence-electron chi connectivity index (χ2n) is 9.79. The molecule has 2 fully saturated rings. The summed E-state index contributed by atoms with van der Waals surface area (Å²) in [7, 11) is 0. The van der Waals surface area contributed by atoms with Crippen LogP contribution in [0.4, 0.5) is 14.6 Å². The number of nitrogens with zero attached hydrogens (tertiary/aromatic N) is 6. The number of fused-ring (bicyclic) bond motifs is 2. The largest absolute Gasteiger partial charge is 0.346 e. The lowest BCUT2D eigenvalue weighted by molar-refractivity contribution is 0.578. The van der Waals surface area contributed by atoms with E-state index in [1.165, 1.54) is 18.3 Å². The molecule has 5 rings (SSSR count). The van der Waals surface area contributed by atoms with E-state index in [1.807, 2.05) is 12.3 Å². The molecule has 3 aromatic heterocycles. The summed E-state index contributed by atoms with van der Waals surface area (Å²) in [6.45, 7) is 12.4. The minimum atomic E-state index is -0.508. The second kappa shape index (κ2) is 7.55. The lowest BCUT2D eigenvalue weighted by Gasteiger charge is -2.30. The van der Waals surface area contributed by atoms with Gasteiger partial charge < -0.3 is 4.90 Å². The zero-order valence-corrected chi connectivity index (χ0v) is 20.0. The smallest absolute Gasteiger partial charge is 0.167 e. The van der Waals surface area contributed by atoms with Gasteiger partial charge in [-0.1, -0.05) is 38.7 Å². The third kappa shape index (κ3) is 3.58. The van der Waals surface area contributed by atoms with E-state index >= 15 is 0 Å². The molecular formula is C24H26F2N6S. The molecule has 2 aliphatic rings. The fourth-order valence-electron chi connectivity index (χ4n) is 4.62. The van der Waals surface area contributed by atoms with Crippen LogP contribution in [-0.4, -0.2) is 36.9 Å². The van der Waals surface area contributed by atoms with Crippen LogP contribution in [0.25, 0.3) is 16.2 Å². The molecule has 3 aromatic rings. The maximum absolute atomic E-state index is 14.8. The monoisotopic (exact) mass is 468 g/mol. The molecular weight excluding hydrogens is 442 g/mol. The Morgan fingerprint density at radius 3 is 2.73 bits per heavy atom. The van der Waals surface area contributed by atoms with Crippen LogP contribution in [0.3, 0.4) is 0 Å². The van der Waals surface area contributed by atoms with Crippen LogP contribution >= 0.6 is 11.3 Å². The van der Waals surface area contributed by atoms with E-state index in [4.69, 9.17) is 4.98 Å². The Morgan fingerprint density at radius 2 is 2.06 bits per heavy atom. The van der Waals surface area contributed by atoms with Crippen molar-refractivity contribution in [1.29, 1.82) is 0 Å². The first kappa shape index (κ1) is 21.9. The van der Waals surface area contributed by atoms with E-state index in [1.54, 1.807) is 10.7 Å². The SMILES string of the molecule is C=C(/C(F)=C\C=C(/C)F)[C@@]12C[C@@H]1CCN2c1ccn2ncc(-c3nnc(C(C)(C)C)s3)c2n1. The van der Waals surface area contributed by atoms with Crippen molar-refractivity contribution in [3.05, 3.63) is 59.4 Å². The van der Waals surface area contributed by atoms with Gasteiger partial charge in [-0.25, -0.2) is 18.3 Å². The highest BCUT2D eigenvalue weighted by molar-refractivity contribution is 7.14. The average molecular weight is 469 g/mol. The molecule has 1 aliphatic carbocycles. The van der Waals surface area contributed by atoms with Gasteiger partial charge in [-0.15, -0.1) is 10.2 Å². The van der Waals surface area contributed by atoms with Gasteiger partial charge in [-0.2, -0.15) is 5.10 Å². The topological polar surface area (TPSA) is 59.2 Å². The van der Waals surface area contributed by atoms with Gasteiger partial charge in [0.25, 0.3) is 0 Å². The van der Waals surface area contributed by atoms with Gasteiger partial charge >= 0.3 is 0 Å². The van der Waals surface area contributed by atoms with Crippen LogP contribution in [0.5, 0.6) is 0 Å². The molecule has 6 nitrogen and oxygen atoms in total. The van der Waals surface area contributed by atoms with Crippen molar-refractivity contribution >= 4 is 22.8 Å². The molecule has 172 valence electrons. The van der Waals surface area contributed by atoms with Gasteiger partial charge in [0.2, 0.25) is 0 Å². The molecule has 0 radical (unpaired) electrons. The van der Waals surface area contributed by atoms with Gasteiger partial charge in [-0.05, 0) is 43.9 Å². The maximum Gasteiger partial charge on any atom is 0.167 e. The van der Waals surface area contributed by atoms with Crippen LogP contribution in [0, 0.1) is 5.92 Å². The molecule has 0 N–H and O–H groups in total. The van der Waals surface area contributed by atoms with Crippen LogP contribution in [-0.2, 0) is 5.41 Å². The van der Waals surface area contributed by atoms with Crippen molar-refractivity contribution < 1.29 is 8.78 Å². The third-order valence-corrected chi connectivity index (χ3v) is 7.84. The maximum atomic E-state index is 14.8. The average Bonchev–Trinajstić information content (AvgIpc) is 3.13. The molecule has 9 heteroatoms. The molecule has 0 aromatic carbocycles. The highest BCUT2D eigenvalue weighted by Crippen LogP contribution is 2.61. The van der Waals surface area contributed by atoms with Crippen molar-refractivity contribution in [2.45, 2.75) is 51.5 Å². The molecule has 1 aliphatic heterocycles. The van der Waals surface area contributed by atoms with E-state index in [9.17, 15) is 8.78 Å². The Hall–Kier alpha value is -2.94. The number of anilines is 1. The number of hydrogen-bond acceptors (Lipinski definition) is 6. The van der Waals surface area contributed by atoms with Gasteiger partial charge in [-0.3, -0.25) is 0 Å². The molecule has 0 unspecified atom stereocenters. The minimum Gasteiger partial charge on any atom is -0.346 e. The predicted molar refractivity (Wildman–Crippen MR) is 127 cm³/mol. The van der Waals surface area contributed by atoms with Crippen molar-refractivity contribution in [2.75, 3.05) is 11.4 Å². The van der Waals surface area contributed by atoms with Crippen LogP contribution in [0.1, 0.15) is 45.5 Å². The molecule has 1 saturated heterocycles. The minimum absolute atomic E-state index is 0.0891. The Morgan fingerprint density at radius 1 is 1.27 bits per heavy atom. The van der Waals surface area contributed by atoms with Gasteiger partial charge in [0.05, 0.1) is 23.1 Å². The van der Waals surface area contributed by atoms with Crippen LogP contribution in [0.2, 0.25) is 0 Å². The fraction of sp³-hybridized carbons (Fsp3) is 0.417. The number of rotatable bonds is 5. The zero-order valence-electron chi connectivity index (χ0n) is 19.1. The summed E-state index contributed by atoms with van der Waals surface area (Å²) in [6, 6.07) is 1.90. The predicted octanol–water partition coefficient (Wildman–Crippen LogP) is 5.80. The number of allylic oxidation sites excluding steroid dienone is 3. The van der Waals surface area contributed by atoms with Gasteiger partial charge in [0, 0.05) is 23.7 Å². The number of halogens is 2. The van der Waals surface area contributed by atoms with Crippen molar-refractivity contribution in [3.8, 4) is 10.6 Å². The molecule has 0 amide bonds. The normalized spacial score (nSPS) is 23.3. The van der Waals surface area contributed by atoms with Crippen molar-refractivity contribution in [1.82, 2.24) is 24.8 Å². The summed E-state index contributed by atoms with van der Waals surface area (Å²) in [5, 5.41) is 14.9. The molecule has 1 saturated carbocycles. The first-order valence-electron chi connectivity index (χ1n) is 11.0. The highest BCUT2D eigenvalue weighted by Gasteiger charge is 2.64.